The van der Waals surface area contributed by atoms with Gasteiger partial charge in [-0.1, -0.05) is 17.7 Å². The van der Waals surface area contributed by atoms with Crippen LogP contribution in [0.1, 0.15) is 24.0 Å². The highest BCUT2D eigenvalue weighted by Crippen LogP contribution is 2.28. The van der Waals surface area contributed by atoms with E-state index in [1.807, 2.05) is 18.2 Å². The molecule has 1 aliphatic rings. The summed E-state index contributed by atoms with van der Waals surface area (Å²) in [6.45, 7) is 0. The molecule has 16 heavy (non-hydrogen) atoms. The van der Waals surface area contributed by atoms with Gasteiger partial charge in [-0.2, -0.15) is 0 Å². The number of amides is 1. The number of ether oxygens (including phenoxy) is 1. The molecule has 1 amide bonds. The second-order valence-corrected chi connectivity index (χ2v) is 4.01. The third-order valence-corrected chi connectivity index (χ3v) is 2.83. The Morgan fingerprint density at radius 3 is 2.94 bits per heavy atom. The van der Waals surface area contributed by atoms with Crippen LogP contribution in [0.15, 0.2) is 23.8 Å². The van der Waals surface area contributed by atoms with Crippen LogP contribution in [0.2, 0.25) is 0 Å². The lowest BCUT2D eigenvalue weighted by Gasteiger charge is -2.16. The van der Waals surface area contributed by atoms with E-state index < -0.39 is 0 Å². The van der Waals surface area contributed by atoms with E-state index in [-0.39, 0.29) is 5.91 Å². The first-order valence-electron chi connectivity index (χ1n) is 5.33. The van der Waals surface area contributed by atoms with Gasteiger partial charge in [0, 0.05) is 6.42 Å². The summed E-state index contributed by atoms with van der Waals surface area (Å²) in [5.74, 6) is 0.619. The van der Waals surface area contributed by atoms with Gasteiger partial charge in [-0.05, 0) is 36.1 Å². The number of carbonyl (C=O) groups is 1. The molecule has 0 atom stereocenters. The first kappa shape index (κ1) is 10.7. The van der Waals surface area contributed by atoms with Crippen LogP contribution in [-0.4, -0.2) is 13.0 Å². The van der Waals surface area contributed by atoms with Crippen molar-refractivity contribution >= 4 is 12.0 Å². The minimum Gasteiger partial charge on any atom is -0.497 e. The first-order valence-corrected chi connectivity index (χ1v) is 5.33. The Morgan fingerprint density at radius 2 is 2.25 bits per heavy atom. The molecule has 0 bridgehead atoms. The predicted molar refractivity (Wildman–Crippen MR) is 63.1 cm³/mol. The molecule has 0 saturated carbocycles. The quantitative estimate of drug-likeness (QED) is 0.840. The molecule has 0 unspecified atom stereocenters. The number of hydrogen-bond donors (Lipinski definition) is 1. The Labute approximate surface area is 94.9 Å². The SMILES string of the molecule is COc1ccc2c(c1)CCC(CC(N)=O)=C2. The molecule has 1 aliphatic carbocycles. The van der Waals surface area contributed by atoms with Gasteiger partial charge in [0.05, 0.1) is 7.11 Å². The highest BCUT2D eigenvalue weighted by atomic mass is 16.5. The number of primary amides is 1. The first-order chi connectivity index (χ1) is 7.69. The van der Waals surface area contributed by atoms with Gasteiger partial charge in [-0.25, -0.2) is 0 Å². The molecule has 3 nitrogen and oxygen atoms in total. The molecule has 3 heteroatoms. The molecule has 0 heterocycles. The van der Waals surface area contributed by atoms with Crippen molar-refractivity contribution in [1.82, 2.24) is 0 Å². The monoisotopic (exact) mass is 217 g/mol. The van der Waals surface area contributed by atoms with E-state index in [1.165, 1.54) is 11.1 Å². The number of fused-ring (bicyclic) bond motifs is 1. The van der Waals surface area contributed by atoms with Crippen LogP contribution in [0.25, 0.3) is 6.08 Å². The van der Waals surface area contributed by atoms with E-state index >= 15 is 0 Å². The number of carbonyl (C=O) groups excluding carboxylic acids is 1. The maximum Gasteiger partial charge on any atom is 0.221 e. The number of methoxy groups -OCH3 is 1. The third-order valence-electron chi connectivity index (χ3n) is 2.83. The van der Waals surface area contributed by atoms with Crippen LogP contribution >= 0.6 is 0 Å². The zero-order valence-electron chi connectivity index (χ0n) is 9.32. The molecule has 1 aromatic carbocycles. The molecular weight excluding hydrogens is 202 g/mol. The Bertz CT molecular complexity index is 449. The van der Waals surface area contributed by atoms with Gasteiger partial charge in [0.25, 0.3) is 0 Å². The van der Waals surface area contributed by atoms with Gasteiger partial charge in [-0.15, -0.1) is 0 Å². The number of nitrogens with two attached hydrogens (primary N) is 1. The van der Waals surface area contributed by atoms with Gasteiger partial charge < -0.3 is 10.5 Å². The molecule has 0 spiro atoms. The van der Waals surface area contributed by atoms with Crippen molar-refractivity contribution < 1.29 is 9.53 Å². The summed E-state index contributed by atoms with van der Waals surface area (Å²) >= 11 is 0. The van der Waals surface area contributed by atoms with Gasteiger partial charge in [0.2, 0.25) is 5.91 Å². The zero-order valence-corrected chi connectivity index (χ0v) is 9.32. The minimum absolute atomic E-state index is 0.261. The average molecular weight is 217 g/mol. The van der Waals surface area contributed by atoms with Crippen LogP contribution in [0.5, 0.6) is 5.75 Å². The fourth-order valence-electron chi connectivity index (χ4n) is 2.02. The largest absolute Gasteiger partial charge is 0.497 e. The summed E-state index contributed by atoms with van der Waals surface area (Å²) in [5, 5.41) is 0. The molecule has 0 aliphatic heterocycles. The Morgan fingerprint density at radius 1 is 1.44 bits per heavy atom. The number of benzene rings is 1. The van der Waals surface area contributed by atoms with Crippen molar-refractivity contribution in [1.29, 1.82) is 0 Å². The maximum absolute atomic E-state index is 10.8. The van der Waals surface area contributed by atoms with Gasteiger partial charge in [0.1, 0.15) is 5.75 Å². The maximum atomic E-state index is 10.8. The predicted octanol–water partition coefficient (Wildman–Crippen LogP) is 1.90. The van der Waals surface area contributed by atoms with Crippen LogP contribution < -0.4 is 10.5 Å². The van der Waals surface area contributed by atoms with E-state index in [9.17, 15) is 4.79 Å². The van der Waals surface area contributed by atoms with E-state index in [4.69, 9.17) is 10.5 Å². The molecule has 0 radical (unpaired) electrons. The van der Waals surface area contributed by atoms with Crippen LogP contribution in [0.3, 0.4) is 0 Å². The molecule has 1 aromatic rings. The van der Waals surface area contributed by atoms with Gasteiger partial charge in [0.15, 0.2) is 0 Å². The van der Waals surface area contributed by atoms with Crippen LogP contribution in [-0.2, 0) is 11.2 Å². The van der Waals surface area contributed by atoms with Crippen LogP contribution in [0, 0.1) is 0 Å². The summed E-state index contributed by atoms with van der Waals surface area (Å²) < 4.78 is 5.18. The second-order valence-electron chi connectivity index (χ2n) is 4.01. The summed E-state index contributed by atoms with van der Waals surface area (Å²) in [6.07, 6.45) is 4.28. The van der Waals surface area contributed by atoms with Crippen molar-refractivity contribution in [3.63, 3.8) is 0 Å². The number of aryl methyl sites for hydroxylation is 1. The Balaban J connectivity index is 2.27. The van der Waals surface area contributed by atoms with Crippen molar-refractivity contribution in [2.24, 2.45) is 5.73 Å². The third kappa shape index (κ3) is 2.24. The van der Waals surface area contributed by atoms with Gasteiger partial charge >= 0.3 is 0 Å². The minimum atomic E-state index is -0.261. The highest BCUT2D eigenvalue weighted by molar-refractivity contribution is 5.79. The molecular formula is C13H15NO2. The Hall–Kier alpha value is -1.77. The lowest BCUT2D eigenvalue weighted by atomic mass is 9.90. The zero-order chi connectivity index (χ0) is 11.5. The summed E-state index contributed by atoms with van der Waals surface area (Å²) in [4.78, 5) is 10.8. The van der Waals surface area contributed by atoms with E-state index in [2.05, 4.69) is 6.08 Å². The topological polar surface area (TPSA) is 52.3 Å². The fraction of sp³-hybridized carbons (Fsp3) is 0.308. The summed E-state index contributed by atoms with van der Waals surface area (Å²) in [7, 11) is 1.67. The lowest BCUT2D eigenvalue weighted by Crippen LogP contribution is -2.12. The average Bonchev–Trinajstić information content (AvgIpc) is 2.27. The number of rotatable bonds is 3. The van der Waals surface area contributed by atoms with Crippen molar-refractivity contribution in [3.8, 4) is 5.75 Å². The fourth-order valence-corrected chi connectivity index (χ4v) is 2.02. The molecule has 0 aromatic heterocycles. The van der Waals surface area contributed by atoms with E-state index in [0.29, 0.717) is 6.42 Å². The molecule has 0 saturated heterocycles. The summed E-state index contributed by atoms with van der Waals surface area (Å²) in [5.41, 5.74) is 8.75. The highest BCUT2D eigenvalue weighted by Gasteiger charge is 2.12. The van der Waals surface area contributed by atoms with Gasteiger partial charge in [-0.3, -0.25) is 4.79 Å². The molecule has 0 fully saturated rings. The van der Waals surface area contributed by atoms with Crippen molar-refractivity contribution in [3.05, 3.63) is 34.9 Å². The lowest BCUT2D eigenvalue weighted by molar-refractivity contribution is -0.117. The van der Waals surface area contributed by atoms with E-state index in [1.54, 1.807) is 7.11 Å². The van der Waals surface area contributed by atoms with E-state index in [0.717, 1.165) is 24.2 Å². The molecule has 2 N–H and O–H groups in total. The smallest absolute Gasteiger partial charge is 0.221 e. The molecule has 2 rings (SSSR count). The summed E-state index contributed by atoms with van der Waals surface area (Å²) in [6, 6.07) is 6.00. The van der Waals surface area contributed by atoms with Crippen LogP contribution in [0.4, 0.5) is 0 Å². The normalized spacial score (nSPS) is 13.9. The second kappa shape index (κ2) is 4.39. The Kier molecular flexibility index (Phi) is 2.95. The standard InChI is InChI=1S/C13H15NO2/c1-16-12-5-4-10-6-9(7-13(14)15)2-3-11(10)8-12/h4-6,8H,2-3,7H2,1H3,(H2,14,15). The number of hydrogen-bond acceptors (Lipinski definition) is 2. The van der Waals surface area contributed by atoms with Crippen molar-refractivity contribution in [2.45, 2.75) is 19.3 Å². The van der Waals surface area contributed by atoms with Crippen molar-refractivity contribution in [2.75, 3.05) is 7.11 Å². The molecule has 84 valence electrons.